The molecule has 2 fully saturated rings. The van der Waals surface area contributed by atoms with E-state index in [1.165, 1.54) is 6.42 Å². The van der Waals surface area contributed by atoms with E-state index in [4.69, 9.17) is 0 Å². The fourth-order valence-corrected chi connectivity index (χ4v) is 2.50. The fraction of sp³-hybridized carbons (Fsp3) is 0.833. The number of hydrogen-bond acceptors (Lipinski definition) is 3. The van der Waals surface area contributed by atoms with E-state index in [2.05, 4.69) is 10.6 Å². The minimum atomic E-state index is -0.349. The number of rotatable bonds is 2. The Hall–Kier alpha value is -0.610. The van der Waals surface area contributed by atoms with E-state index in [1.807, 2.05) is 6.42 Å². The Kier molecular flexibility index (Phi) is 4.18. The molecule has 1 saturated carbocycles. The number of carbonyl (C=O) groups is 1. The molecule has 4 heteroatoms. The van der Waals surface area contributed by atoms with Crippen molar-refractivity contribution in [2.45, 2.75) is 56.7 Å². The van der Waals surface area contributed by atoms with E-state index in [9.17, 15) is 9.90 Å². The number of nitrogens with one attached hydrogen (secondary N) is 2. The van der Waals surface area contributed by atoms with Crippen LogP contribution in [-0.4, -0.2) is 35.7 Å². The van der Waals surface area contributed by atoms with Crippen LogP contribution in [0.25, 0.3) is 0 Å². The quantitative estimate of drug-likeness (QED) is 0.636. The molecular weight excluding hydrogens is 204 g/mol. The Morgan fingerprint density at radius 3 is 2.94 bits per heavy atom. The van der Waals surface area contributed by atoms with Gasteiger partial charge in [-0.15, -0.1) is 0 Å². The second-order valence-corrected chi connectivity index (χ2v) is 4.82. The van der Waals surface area contributed by atoms with Crippen LogP contribution in [0.3, 0.4) is 0 Å². The summed E-state index contributed by atoms with van der Waals surface area (Å²) < 4.78 is 0. The maximum Gasteiger partial charge on any atom is 0.237 e. The second kappa shape index (κ2) is 5.64. The Balaban J connectivity index is 1.77. The molecule has 91 valence electrons. The van der Waals surface area contributed by atoms with Crippen molar-refractivity contribution in [3.8, 4) is 0 Å². The third-order valence-corrected chi connectivity index (χ3v) is 3.45. The highest BCUT2D eigenvalue weighted by atomic mass is 16.3. The summed E-state index contributed by atoms with van der Waals surface area (Å²) in [6.07, 6.45) is 7.32. The zero-order valence-corrected chi connectivity index (χ0v) is 9.61. The molecule has 1 amide bonds. The van der Waals surface area contributed by atoms with E-state index in [0.29, 0.717) is 6.42 Å². The van der Waals surface area contributed by atoms with Crippen LogP contribution in [0.4, 0.5) is 0 Å². The van der Waals surface area contributed by atoms with Gasteiger partial charge in [0.05, 0.1) is 12.1 Å². The molecule has 2 unspecified atom stereocenters. The van der Waals surface area contributed by atoms with Crippen LogP contribution >= 0.6 is 0 Å². The van der Waals surface area contributed by atoms with Crippen LogP contribution in [0, 0.1) is 6.42 Å². The summed E-state index contributed by atoms with van der Waals surface area (Å²) in [6.45, 7) is 0.944. The molecule has 4 nitrogen and oxygen atoms in total. The molecule has 16 heavy (non-hydrogen) atoms. The second-order valence-electron chi connectivity index (χ2n) is 4.82. The number of aliphatic hydroxyl groups is 1. The van der Waals surface area contributed by atoms with Gasteiger partial charge in [-0.05, 0) is 45.1 Å². The van der Waals surface area contributed by atoms with Crippen molar-refractivity contribution in [2.24, 2.45) is 0 Å². The number of aliphatic hydroxyl groups excluding tert-OH is 1. The molecule has 0 spiro atoms. The Labute approximate surface area is 96.8 Å². The summed E-state index contributed by atoms with van der Waals surface area (Å²) in [7, 11) is 0. The van der Waals surface area contributed by atoms with Gasteiger partial charge in [0.1, 0.15) is 0 Å². The molecule has 0 aromatic carbocycles. The van der Waals surface area contributed by atoms with Crippen molar-refractivity contribution in [1.82, 2.24) is 10.6 Å². The molecule has 1 heterocycles. The lowest BCUT2D eigenvalue weighted by Gasteiger charge is -2.29. The predicted molar refractivity (Wildman–Crippen MR) is 61.7 cm³/mol. The van der Waals surface area contributed by atoms with E-state index < -0.39 is 0 Å². The summed E-state index contributed by atoms with van der Waals surface area (Å²) in [4.78, 5) is 11.9. The molecule has 0 aromatic rings. The molecular formula is C12H21N2O2. The van der Waals surface area contributed by atoms with Gasteiger partial charge >= 0.3 is 0 Å². The first-order valence-corrected chi connectivity index (χ1v) is 6.31. The molecule has 1 saturated heterocycles. The smallest absolute Gasteiger partial charge is 0.237 e. The normalized spacial score (nSPS) is 35.7. The highest BCUT2D eigenvalue weighted by Gasteiger charge is 2.26. The Morgan fingerprint density at radius 2 is 2.25 bits per heavy atom. The molecule has 3 atom stereocenters. The minimum Gasteiger partial charge on any atom is -0.393 e. The lowest BCUT2D eigenvalue weighted by atomic mass is 9.92. The van der Waals surface area contributed by atoms with Crippen LogP contribution < -0.4 is 10.6 Å². The van der Waals surface area contributed by atoms with Crippen molar-refractivity contribution in [2.75, 3.05) is 6.54 Å². The van der Waals surface area contributed by atoms with Gasteiger partial charge in [-0.25, -0.2) is 0 Å². The van der Waals surface area contributed by atoms with Crippen molar-refractivity contribution in [3.05, 3.63) is 6.42 Å². The van der Waals surface area contributed by atoms with E-state index in [-0.39, 0.29) is 24.1 Å². The monoisotopic (exact) mass is 225 g/mol. The summed E-state index contributed by atoms with van der Waals surface area (Å²) in [5, 5.41) is 15.8. The van der Waals surface area contributed by atoms with Gasteiger partial charge in [0.2, 0.25) is 5.91 Å². The summed E-state index contributed by atoms with van der Waals surface area (Å²) >= 11 is 0. The largest absolute Gasteiger partial charge is 0.393 e. The van der Waals surface area contributed by atoms with Crippen LogP contribution in [0.2, 0.25) is 0 Å². The maximum atomic E-state index is 11.9. The predicted octanol–water partition coefficient (Wildman–Crippen LogP) is 0.362. The zero-order valence-electron chi connectivity index (χ0n) is 9.61. The van der Waals surface area contributed by atoms with Gasteiger partial charge in [-0.3, -0.25) is 4.79 Å². The Morgan fingerprint density at radius 1 is 1.38 bits per heavy atom. The van der Waals surface area contributed by atoms with Gasteiger partial charge in [0, 0.05) is 6.04 Å². The average Bonchev–Trinajstić information content (AvgIpc) is 2.30. The molecule has 2 aliphatic rings. The first-order chi connectivity index (χ1) is 7.75. The van der Waals surface area contributed by atoms with E-state index in [0.717, 1.165) is 32.2 Å². The van der Waals surface area contributed by atoms with E-state index >= 15 is 0 Å². The summed E-state index contributed by atoms with van der Waals surface area (Å²) in [6, 6.07) is 0.132. The lowest BCUT2D eigenvalue weighted by Crippen LogP contribution is -2.50. The number of amides is 1. The standard InChI is InChI=1S/C12H21N2O2/c15-10-5-3-4-9(8-10)14-12(16)11-6-1-2-7-13-11/h5,9-11,13,15H,1-4,6-8H2,(H,14,16)/t9?,10?,11-/m1/s1. The zero-order chi connectivity index (χ0) is 11.4. The number of carbonyl (C=O) groups excluding carboxylic acids is 1. The van der Waals surface area contributed by atoms with Gasteiger partial charge in [-0.1, -0.05) is 6.42 Å². The molecule has 1 aliphatic heterocycles. The van der Waals surface area contributed by atoms with Crippen molar-refractivity contribution in [1.29, 1.82) is 0 Å². The third-order valence-electron chi connectivity index (χ3n) is 3.45. The third kappa shape index (κ3) is 3.19. The van der Waals surface area contributed by atoms with E-state index in [1.54, 1.807) is 0 Å². The lowest BCUT2D eigenvalue weighted by molar-refractivity contribution is -0.124. The van der Waals surface area contributed by atoms with Crippen molar-refractivity contribution in [3.63, 3.8) is 0 Å². The van der Waals surface area contributed by atoms with Crippen LogP contribution in [0.1, 0.15) is 38.5 Å². The first kappa shape index (κ1) is 11.9. The molecule has 3 N–H and O–H groups in total. The van der Waals surface area contributed by atoms with Crippen molar-refractivity contribution >= 4 is 5.91 Å². The summed E-state index contributed by atoms with van der Waals surface area (Å²) in [5.74, 6) is 0.110. The Bertz CT molecular complexity index is 239. The van der Waals surface area contributed by atoms with Gasteiger partial charge in [0.25, 0.3) is 0 Å². The van der Waals surface area contributed by atoms with Crippen LogP contribution in [-0.2, 0) is 4.79 Å². The maximum absolute atomic E-state index is 11.9. The first-order valence-electron chi connectivity index (χ1n) is 6.31. The highest BCUT2D eigenvalue weighted by Crippen LogP contribution is 2.18. The molecule has 0 aromatic heterocycles. The molecule has 0 bridgehead atoms. The summed E-state index contributed by atoms with van der Waals surface area (Å²) in [5.41, 5.74) is 0. The average molecular weight is 225 g/mol. The van der Waals surface area contributed by atoms with Gasteiger partial charge in [0.15, 0.2) is 0 Å². The topological polar surface area (TPSA) is 61.4 Å². The molecule has 1 radical (unpaired) electrons. The fourth-order valence-electron chi connectivity index (χ4n) is 2.50. The minimum absolute atomic E-state index is 0.0169. The van der Waals surface area contributed by atoms with Gasteiger partial charge in [-0.2, -0.15) is 0 Å². The highest BCUT2D eigenvalue weighted by molar-refractivity contribution is 5.82. The van der Waals surface area contributed by atoms with Crippen molar-refractivity contribution < 1.29 is 9.90 Å². The molecule has 1 aliphatic carbocycles. The van der Waals surface area contributed by atoms with Crippen LogP contribution in [0.15, 0.2) is 0 Å². The van der Waals surface area contributed by atoms with Crippen LogP contribution in [0.5, 0.6) is 0 Å². The SMILES string of the molecule is O=C(NC1CC[CH]C(O)C1)[C@H]1CCCCN1. The molecule has 2 rings (SSSR count). The number of piperidine rings is 1. The van der Waals surface area contributed by atoms with Gasteiger partial charge < -0.3 is 15.7 Å². The number of hydrogen-bond donors (Lipinski definition) is 3.